The van der Waals surface area contributed by atoms with Crippen LogP contribution in [0.3, 0.4) is 0 Å². The summed E-state index contributed by atoms with van der Waals surface area (Å²) in [5.74, 6) is -0.0254. The number of Topliss-reactive ketones (excluding diaryl/α,β-unsaturated/α-hetero) is 1. The molecule has 0 aliphatic rings. The number of carbonyl (C=O) groups excluding carboxylic acids is 1. The molecule has 1 heterocycles. The van der Waals surface area contributed by atoms with Crippen molar-refractivity contribution >= 4 is 39.9 Å². The zero-order valence-electron chi connectivity index (χ0n) is 10.5. The Labute approximate surface area is 116 Å². The highest BCUT2D eigenvalue weighted by Gasteiger charge is 2.18. The minimum absolute atomic E-state index is 0.0254. The molecular weight excluding hydrogens is 269 g/mol. The van der Waals surface area contributed by atoms with Gasteiger partial charge in [0.15, 0.2) is 5.78 Å². The van der Waals surface area contributed by atoms with Gasteiger partial charge in [-0.05, 0) is 31.5 Å². The van der Waals surface area contributed by atoms with E-state index in [1.54, 1.807) is 0 Å². The van der Waals surface area contributed by atoms with E-state index in [-0.39, 0.29) is 5.78 Å². The van der Waals surface area contributed by atoms with Crippen LogP contribution in [0.15, 0.2) is 18.2 Å². The maximum Gasteiger partial charge on any atom is 0.163 e. The van der Waals surface area contributed by atoms with Crippen molar-refractivity contribution in [1.29, 1.82) is 0 Å². The third-order valence-electron chi connectivity index (χ3n) is 3.05. The molecule has 0 saturated carbocycles. The molecule has 0 amide bonds. The molecule has 2 aromatic rings. The van der Waals surface area contributed by atoms with Gasteiger partial charge in [-0.1, -0.05) is 36.5 Å². The fourth-order valence-electron chi connectivity index (χ4n) is 2.17. The molecule has 0 spiro atoms. The summed E-state index contributed by atoms with van der Waals surface area (Å²) in [6.07, 6.45) is 2.11. The second-order valence-electron chi connectivity index (χ2n) is 4.39. The molecule has 18 heavy (non-hydrogen) atoms. The number of nitrogens with zero attached hydrogens (tertiary/aromatic N) is 1. The molecule has 0 radical (unpaired) electrons. The van der Waals surface area contributed by atoms with Crippen LogP contribution < -0.4 is 0 Å². The maximum atomic E-state index is 11.7. The van der Waals surface area contributed by atoms with E-state index in [0.717, 1.165) is 30.3 Å². The number of benzene rings is 1. The predicted octanol–water partition coefficient (Wildman–Crippen LogP) is 4.95. The van der Waals surface area contributed by atoms with Crippen molar-refractivity contribution in [2.45, 2.75) is 33.2 Å². The standard InChI is InChI=1S/C14H15Cl2NO/c1-3-4-7-17-12-6-5-10(15)8-11(12)13(9(2)18)14(17)16/h5-6,8H,3-4,7H2,1-2H3. The number of aryl methyl sites for hydroxylation is 1. The first-order valence-corrected chi connectivity index (χ1v) is 6.80. The summed E-state index contributed by atoms with van der Waals surface area (Å²) in [4.78, 5) is 11.7. The Kier molecular flexibility index (Phi) is 3.98. The summed E-state index contributed by atoms with van der Waals surface area (Å²) in [5, 5.41) is 1.98. The Morgan fingerprint density at radius 1 is 1.33 bits per heavy atom. The molecule has 0 aliphatic heterocycles. The van der Waals surface area contributed by atoms with Crippen LogP contribution in [0, 0.1) is 0 Å². The molecule has 0 unspecified atom stereocenters. The van der Waals surface area contributed by atoms with Crippen LogP contribution in [-0.4, -0.2) is 10.4 Å². The molecule has 2 nitrogen and oxygen atoms in total. The number of hydrogen-bond donors (Lipinski definition) is 0. The molecule has 0 saturated heterocycles. The number of unbranched alkanes of at least 4 members (excludes halogenated alkanes) is 1. The van der Waals surface area contributed by atoms with E-state index >= 15 is 0 Å². The fraction of sp³-hybridized carbons (Fsp3) is 0.357. The van der Waals surface area contributed by atoms with E-state index in [2.05, 4.69) is 6.92 Å². The molecule has 1 aromatic heterocycles. The normalized spacial score (nSPS) is 11.1. The van der Waals surface area contributed by atoms with E-state index in [9.17, 15) is 4.79 Å². The topological polar surface area (TPSA) is 22.0 Å². The van der Waals surface area contributed by atoms with Gasteiger partial charge >= 0.3 is 0 Å². The lowest BCUT2D eigenvalue weighted by molar-refractivity contribution is 0.101. The summed E-state index contributed by atoms with van der Waals surface area (Å²) in [6, 6.07) is 5.56. The number of hydrogen-bond acceptors (Lipinski definition) is 1. The number of carbonyl (C=O) groups is 1. The van der Waals surface area contributed by atoms with Gasteiger partial charge in [0.1, 0.15) is 5.15 Å². The summed E-state index contributed by atoms with van der Waals surface area (Å²) < 4.78 is 1.99. The van der Waals surface area contributed by atoms with Gasteiger partial charge in [0.2, 0.25) is 0 Å². The van der Waals surface area contributed by atoms with Gasteiger partial charge < -0.3 is 4.57 Å². The van der Waals surface area contributed by atoms with E-state index in [1.807, 2.05) is 22.8 Å². The van der Waals surface area contributed by atoms with Crippen LogP contribution in [-0.2, 0) is 6.54 Å². The Hall–Kier alpha value is -0.990. The lowest BCUT2D eigenvalue weighted by Crippen LogP contribution is -1.98. The second-order valence-corrected chi connectivity index (χ2v) is 5.18. The predicted molar refractivity (Wildman–Crippen MR) is 76.9 cm³/mol. The summed E-state index contributed by atoms with van der Waals surface area (Å²) >= 11 is 12.3. The number of rotatable bonds is 4. The monoisotopic (exact) mass is 283 g/mol. The van der Waals surface area contributed by atoms with Gasteiger partial charge in [-0.2, -0.15) is 0 Å². The van der Waals surface area contributed by atoms with Crippen molar-refractivity contribution in [3.05, 3.63) is 33.9 Å². The van der Waals surface area contributed by atoms with Crippen LogP contribution >= 0.6 is 23.2 Å². The number of ketones is 1. The van der Waals surface area contributed by atoms with Gasteiger partial charge in [0.05, 0.1) is 11.1 Å². The lowest BCUT2D eigenvalue weighted by atomic mass is 10.1. The molecule has 0 fully saturated rings. The highest BCUT2D eigenvalue weighted by atomic mass is 35.5. The first-order valence-electron chi connectivity index (χ1n) is 6.04. The van der Waals surface area contributed by atoms with E-state index < -0.39 is 0 Å². The van der Waals surface area contributed by atoms with Crippen molar-refractivity contribution in [2.75, 3.05) is 0 Å². The van der Waals surface area contributed by atoms with Gasteiger partial charge in [0.25, 0.3) is 0 Å². The Morgan fingerprint density at radius 2 is 2.06 bits per heavy atom. The number of aromatic nitrogens is 1. The maximum absolute atomic E-state index is 11.7. The molecule has 4 heteroatoms. The average molecular weight is 284 g/mol. The molecule has 0 aliphatic carbocycles. The van der Waals surface area contributed by atoms with Crippen molar-refractivity contribution in [1.82, 2.24) is 4.57 Å². The molecule has 0 bridgehead atoms. The smallest absolute Gasteiger partial charge is 0.163 e. The van der Waals surface area contributed by atoms with E-state index in [4.69, 9.17) is 23.2 Å². The Balaban J connectivity index is 2.70. The molecular formula is C14H15Cl2NO. The van der Waals surface area contributed by atoms with Gasteiger partial charge in [-0.3, -0.25) is 4.79 Å². The van der Waals surface area contributed by atoms with Crippen molar-refractivity contribution in [3.63, 3.8) is 0 Å². The number of fused-ring (bicyclic) bond motifs is 1. The van der Waals surface area contributed by atoms with Crippen molar-refractivity contribution < 1.29 is 4.79 Å². The van der Waals surface area contributed by atoms with Gasteiger partial charge in [-0.15, -0.1) is 0 Å². The third-order valence-corrected chi connectivity index (χ3v) is 3.68. The average Bonchev–Trinajstić information content (AvgIpc) is 2.58. The molecule has 2 rings (SSSR count). The molecule has 0 atom stereocenters. The van der Waals surface area contributed by atoms with Crippen LogP contribution in [0.5, 0.6) is 0 Å². The number of halogens is 2. The zero-order chi connectivity index (χ0) is 13.3. The Bertz CT molecular complexity index is 601. The molecule has 0 N–H and O–H groups in total. The minimum atomic E-state index is -0.0254. The van der Waals surface area contributed by atoms with Crippen molar-refractivity contribution in [3.8, 4) is 0 Å². The van der Waals surface area contributed by atoms with Gasteiger partial charge in [-0.25, -0.2) is 0 Å². The lowest BCUT2D eigenvalue weighted by Gasteiger charge is -2.05. The van der Waals surface area contributed by atoms with Crippen molar-refractivity contribution in [2.24, 2.45) is 0 Å². The molecule has 96 valence electrons. The zero-order valence-corrected chi connectivity index (χ0v) is 12.0. The summed E-state index contributed by atoms with van der Waals surface area (Å²) in [7, 11) is 0. The van der Waals surface area contributed by atoms with E-state index in [0.29, 0.717) is 15.7 Å². The van der Waals surface area contributed by atoms with Crippen LogP contribution in [0.2, 0.25) is 10.2 Å². The fourth-order valence-corrected chi connectivity index (χ4v) is 2.75. The first kappa shape index (κ1) is 13.4. The highest BCUT2D eigenvalue weighted by molar-refractivity contribution is 6.36. The quantitative estimate of drug-likeness (QED) is 0.728. The van der Waals surface area contributed by atoms with Crippen LogP contribution in [0.1, 0.15) is 37.0 Å². The largest absolute Gasteiger partial charge is 0.331 e. The first-order chi connectivity index (χ1) is 8.56. The minimum Gasteiger partial charge on any atom is -0.331 e. The molecule has 1 aromatic carbocycles. The summed E-state index contributed by atoms with van der Waals surface area (Å²) in [5.41, 5.74) is 1.55. The van der Waals surface area contributed by atoms with Gasteiger partial charge in [0, 0.05) is 17.0 Å². The third kappa shape index (κ3) is 2.27. The van der Waals surface area contributed by atoms with Crippen LogP contribution in [0.4, 0.5) is 0 Å². The SMILES string of the molecule is CCCCn1c(Cl)c(C(C)=O)c2cc(Cl)ccc21. The van der Waals surface area contributed by atoms with Crippen LogP contribution in [0.25, 0.3) is 10.9 Å². The Morgan fingerprint density at radius 3 is 2.67 bits per heavy atom. The van der Waals surface area contributed by atoms with E-state index in [1.165, 1.54) is 6.92 Å². The summed E-state index contributed by atoms with van der Waals surface area (Å²) in [6.45, 7) is 4.48. The highest BCUT2D eigenvalue weighted by Crippen LogP contribution is 2.32. The second kappa shape index (κ2) is 5.33.